The molecule has 2 fully saturated rings. The lowest BCUT2D eigenvalue weighted by atomic mass is 10.1. The molecule has 2 atom stereocenters. The van der Waals surface area contributed by atoms with Crippen molar-refractivity contribution in [3.8, 4) is 0 Å². The number of ether oxygens (including phenoxy) is 4. The highest BCUT2D eigenvalue weighted by Crippen LogP contribution is 2.35. The van der Waals surface area contributed by atoms with E-state index in [2.05, 4.69) is 84.6 Å². The van der Waals surface area contributed by atoms with Crippen LogP contribution in [0.2, 0.25) is 0 Å². The Balaban J connectivity index is 1.29. The van der Waals surface area contributed by atoms with E-state index in [1.165, 1.54) is 18.4 Å². The van der Waals surface area contributed by atoms with Crippen LogP contribution in [0.15, 0.2) is 72.8 Å². The minimum Gasteiger partial charge on any atom is -0.353 e. The van der Waals surface area contributed by atoms with Crippen molar-refractivity contribution in [3.63, 3.8) is 0 Å². The first-order valence-corrected chi connectivity index (χ1v) is 13.3. The summed E-state index contributed by atoms with van der Waals surface area (Å²) in [4.78, 5) is 2.28. The predicted octanol–water partition coefficient (Wildman–Crippen LogP) is 7.55. The van der Waals surface area contributed by atoms with Crippen LogP contribution >= 0.6 is 0 Å². The van der Waals surface area contributed by atoms with Gasteiger partial charge in [0.05, 0.1) is 13.2 Å². The predicted molar refractivity (Wildman–Crippen MR) is 143 cm³/mol. The zero-order valence-electron chi connectivity index (χ0n) is 21.2. The molecule has 5 rings (SSSR count). The topological polar surface area (TPSA) is 40.2 Å². The minimum atomic E-state index is -0.0744. The molecule has 2 aliphatic rings. The molecule has 2 aliphatic heterocycles. The number of hydrogen-bond donors (Lipinski definition) is 0. The Hall–Kier alpha value is -2.70. The first-order valence-electron chi connectivity index (χ1n) is 13.3. The van der Waals surface area contributed by atoms with E-state index in [4.69, 9.17) is 18.9 Å². The van der Waals surface area contributed by atoms with Crippen LogP contribution in [0.3, 0.4) is 0 Å². The maximum absolute atomic E-state index is 5.98. The number of nitrogens with zero attached hydrogens (tertiary/aromatic N) is 1. The summed E-state index contributed by atoms with van der Waals surface area (Å²) >= 11 is 0. The van der Waals surface area contributed by atoms with Gasteiger partial charge >= 0.3 is 0 Å². The largest absolute Gasteiger partial charge is 0.353 e. The third kappa shape index (κ3) is 6.74. The van der Waals surface area contributed by atoms with Gasteiger partial charge in [0.15, 0.2) is 12.6 Å². The standard InChI is InChI=1S/C31H37NO4/c1-24-8-14-27(15-9-24)32(28-16-10-25(11-17-28)22-35-30-6-2-4-20-33-30)29-18-12-26(13-19-29)23-36-31-7-3-5-21-34-31/h8-19,30-31H,2-7,20-23H2,1H3. The van der Waals surface area contributed by atoms with Gasteiger partial charge < -0.3 is 23.8 Å². The van der Waals surface area contributed by atoms with Gasteiger partial charge in [0.25, 0.3) is 0 Å². The van der Waals surface area contributed by atoms with Crippen LogP contribution in [0.1, 0.15) is 55.2 Å². The number of anilines is 3. The average Bonchev–Trinajstić information content (AvgIpc) is 2.94. The SMILES string of the molecule is Cc1ccc(N(c2ccc(COC3CCCCO3)cc2)c2ccc(COC3CCCCO3)cc2)cc1. The summed E-state index contributed by atoms with van der Waals surface area (Å²) < 4.78 is 23.4. The van der Waals surface area contributed by atoms with Gasteiger partial charge in [-0.25, -0.2) is 0 Å². The van der Waals surface area contributed by atoms with Crippen LogP contribution in [0.25, 0.3) is 0 Å². The summed E-state index contributed by atoms with van der Waals surface area (Å²) in [6.07, 6.45) is 6.42. The van der Waals surface area contributed by atoms with Crippen LogP contribution in [-0.4, -0.2) is 25.8 Å². The number of rotatable bonds is 9. The van der Waals surface area contributed by atoms with Gasteiger partial charge in [0.2, 0.25) is 0 Å². The molecule has 0 aliphatic carbocycles. The van der Waals surface area contributed by atoms with Crippen molar-refractivity contribution in [2.24, 2.45) is 0 Å². The van der Waals surface area contributed by atoms with Crippen LogP contribution < -0.4 is 4.90 Å². The molecule has 0 bridgehead atoms. The van der Waals surface area contributed by atoms with Crippen molar-refractivity contribution >= 4 is 17.1 Å². The summed E-state index contributed by atoms with van der Waals surface area (Å²) in [7, 11) is 0. The summed E-state index contributed by atoms with van der Waals surface area (Å²) in [5.74, 6) is 0. The van der Waals surface area contributed by atoms with Crippen LogP contribution in [0.5, 0.6) is 0 Å². The molecule has 2 unspecified atom stereocenters. The second-order valence-electron chi connectivity index (χ2n) is 9.72. The van der Waals surface area contributed by atoms with E-state index in [1.807, 2.05) is 0 Å². The maximum atomic E-state index is 5.98. The first kappa shape index (κ1) is 25.0. The van der Waals surface area contributed by atoms with Crippen molar-refractivity contribution < 1.29 is 18.9 Å². The van der Waals surface area contributed by atoms with E-state index in [-0.39, 0.29) is 12.6 Å². The molecule has 3 aromatic rings. The molecule has 5 heteroatoms. The summed E-state index contributed by atoms with van der Waals surface area (Å²) in [5.41, 5.74) is 6.88. The smallest absolute Gasteiger partial charge is 0.158 e. The van der Waals surface area contributed by atoms with Gasteiger partial charge in [0, 0.05) is 30.3 Å². The molecule has 0 aromatic heterocycles. The fraction of sp³-hybridized carbons (Fsp3) is 0.419. The lowest BCUT2D eigenvalue weighted by Crippen LogP contribution is -2.22. The molecule has 0 radical (unpaired) electrons. The quantitative estimate of drug-likeness (QED) is 0.312. The van der Waals surface area contributed by atoms with Crippen LogP contribution in [0.4, 0.5) is 17.1 Å². The molecule has 3 aromatic carbocycles. The van der Waals surface area contributed by atoms with E-state index >= 15 is 0 Å². The summed E-state index contributed by atoms with van der Waals surface area (Å²) in [6, 6.07) is 25.9. The molecular weight excluding hydrogens is 450 g/mol. The number of benzene rings is 3. The second-order valence-corrected chi connectivity index (χ2v) is 9.72. The highest BCUT2D eigenvalue weighted by Gasteiger charge is 2.16. The Morgan fingerprint density at radius 1 is 0.611 bits per heavy atom. The molecule has 0 spiro atoms. The van der Waals surface area contributed by atoms with Gasteiger partial charge in [-0.2, -0.15) is 0 Å². The summed E-state index contributed by atoms with van der Waals surface area (Å²) in [6.45, 7) is 4.84. The number of aryl methyl sites for hydroxylation is 1. The first-order chi connectivity index (χ1) is 17.7. The summed E-state index contributed by atoms with van der Waals surface area (Å²) in [5, 5.41) is 0. The molecular formula is C31H37NO4. The highest BCUT2D eigenvalue weighted by atomic mass is 16.7. The van der Waals surface area contributed by atoms with Gasteiger partial charge in [-0.1, -0.05) is 42.0 Å². The van der Waals surface area contributed by atoms with Crippen molar-refractivity contribution in [3.05, 3.63) is 89.5 Å². The second kappa shape index (κ2) is 12.5. The Bertz CT molecular complexity index is 988. The van der Waals surface area contributed by atoms with Crippen molar-refractivity contribution in [1.82, 2.24) is 0 Å². The van der Waals surface area contributed by atoms with Crippen molar-refractivity contribution in [1.29, 1.82) is 0 Å². The van der Waals surface area contributed by atoms with Gasteiger partial charge in [-0.3, -0.25) is 0 Å². The third-order valence-corrected chi connectivity index (χ3v) is 6.83. The Morgan fingerprint density at radius 3 is 1.42 bits per heavy atom. The van der Waals surface area contributed by atoms with Crippen molar-refractivity contribution in [2.75, 3.05) is 18.1 Å². The van der Waals surface area contributed by atoms with Gasteiger partial charge in [-0.15, -0.1) is 0 Å². The van der Waals surface area contributed by atoms with Gasteiger partial charge in [0.1, 0.15) is 0 Å². The lowest BCUT2D eigenvalue weighted by molar-refractivity contribution is -0.169. The molecule has 0 amide bonds. The molecule has 36 heavy (non-hydrogen) atoms. The van der Waals surface area contributed by atoms with E-state index in [9.17, 15) is 0 Å². The maximum Gasteiger partial charge on any atom is 0.158 e. The average molecular weight is 488 g/mol. The monoisotopic (exact) mass is 487 g/mol. The van der Waals surface area contributed by atoms with E-state index in [0.29, 0.717) is 13.2 Å². The van der Waals surface area contributed by atoms with Crippen LogP contribution in [0, 0.1) is 6.92 Å². The highest BCUT2D eigenvalue weighted by molar-refractivity contribution is 5.76. The Kier molecular flexibility index (Phi) is 8.68. The number of hydrogen-bond acceptors (Lipinski definition) is 5. The Morgan fingerprint density at radius 2 is 1.03 bits per heavy atom. The molecule has 190 valence electrons. The van der Waals surface area contributed by atoms with Gasteiger partial charge in [-0.05, 0) is 93.0 Å². The normalized spacial score (nSPS) is 20.2. The van der Waals surface area contributed by atoms with E-state index < -0.39 is 0 Å². The molecule has 2 saturated heterocycles. The molecule has 0 N–H and O–H groups in total. The molecule has 0 saturated carbocycles. The zero-order valence-corrected chi connectivity index (χ0v) is 21.2. The fourth-order valence-corrected chi connectivity index (χ4v) is 4.69. The third-order valence-electron chi connectivity index (χ3n) is 6.83. The van der Waals surface area contributed by atoms with Crippen molar-refractivity contribution in [2.45, 2.75) is 71.2 Å². The Labute approximate surface area is 214 Å². The molecule has 5 nitrogen and oxygen atoms in total. The van der Waals surface area contributed by atoms with E-state index in [1.54, 1.807) is 0 Å². The van der Waals surface area contributed by atoms with E-state index in [0.717, 1.165) is 67.1 Å². The minimum absolute atomic E-state index is 0.0744. The molecule has 2 heterocycles. The fourth-order valence-electron chi connectivity index (χ4n) is 4.69. The van der Waals surface area contributed by atoms with Crippen LogP contribution in [-0.2, 0) is 32.2 Å². The zero-order chi connectivity index (χ0) is 24.6. The lowest BCUT2D eigenvalue weighted by Gasteiger charge is -2.26.